The second-order valence-electron chi connectivity index (χ2n) is 3.79. The SMILES string of the molecule is COC1CC(C(=O)O)N(C(=O)CC(F)(F)F)C1. The number of halogens is 3. The molecule has 0 aromatic carbocycles. The molecular formula is C9H12F3NO4. The molecule has 0 aromatic rings. The summed E-state index contributed by atoms with van der Waals surface area (Å²) in [5.74, 6) is -2.55. The molecule has 0 saturated carbocycles. The fraction of sp³-hybridized carbons (Fsp3) is 0.778. The van der Waals surface area contributed by atoms with Gasteiger partial charge in [0.05, 0.1) is 6.10 Å². The Morgan fingerprint density at radius 3 is 2.47 bits per heavy atom. The summed E-state index contributed by atoms with van der Waals surface area (Å²) < 4.78 is 41.0. The molecule has 8 heteroatoms. The molecule has 0 radical (unpaired) electrons. The van der Waals surface area contributed by atoms with Crippen molar-refractivity contribution >= 4 is 11.9 Å². The van der Waals surface area contributed by atoms with Crippen molar-refractivity contribution < 1.29 is 32.6 Å². The van der Waals surface area contributed by atoms with Crippen LogP contribution in [0.5, 0.6) is 0 Å². The van der Waals surface area contributed by atoms with E-state index >= 15 is 0 Å². The summed E-state index contributed by atoms with van der Waals surface area (Å²) in [5.41, 5.74) is 0. The lowest BCUT2D eigenvalue weighted by Crippen LogP contribution is -2.42. The van der Waals surface area contributed by atoms with E-state index in [-0.39, 0.29) is 13.0 Å². The van der Waals surface area contributed by atoms with Crippen molar-refractivity contribution in [1.29, 1.82) is 0 Å². The second kappa shape index (κ2) is 4.91. The second-order valence-corrected chi connectivity index (χ2v) is 3.79. The third-order valence-corrected chi connectivity index (χ3v) is 2.55. The predicted octanol–water partition coefficient (Wildman–Crippen LogP) is 0.639. The van der Waals surface area contributed by atoms with Crippen molar-refractivity contribution in [3.63, 3.8) is 0 Å². The Labute approximate surface area is 95.1 Å². The Morgan fingerprint density at radius 2 is 2.06 bits per heavy atom. The van der Waals surface area contributed by atoms with Crippen LogP contribution in [0.1, 0.15) is 12.8 Å². The van der Waals surface area contributed by atoms with Gasteiger partial charge in [0.15, 0.2) is 0 Å². The van der Waals surface area contributed by atoms with E-state index in [1.165, 1.54) is 7.11 Å². The van der Waals surface area contributed by atoms with Crippen molar-refractivity contribution in [1.82, 2.24) is 4.90 Å². The lowest BCUT2D eigenvalue weighted by Gasteiger charge is -2.21. The number of nitrogens with zero attached hydrogens (tertiary/aromatic N) is 1. The maximum atomic E-state index is 12.0. The Bertz CT molecular complexity index is 318. The molecule has 1 saturated heterocycles. The first-order valence-corrected chi connectivity index (χ1v) is 4.86. The van der Waals surface area contributed by atoms with E-state index < -0.39 is 36.6 Å². The number of rotatable bonds is 3. The highest BCUT2D eigenvalue weighted by Crippen LogP contribution is 2.26. The van der Waals surface area contributed by atoms with E-state index in [0.29, 0.717) is 4.90 Å². The van der Waals surface area contributed by atoms with Gasteiger partial charge in [-0.25, -0.2) is 4.79 Å². The fourth-order valence-electron chi connectivity index (χ4n) is 1.75. The summed E-state index contributed by atoms with van der Waals surface area (Å²) >= 11 is 0. The number of ether oxygens (including phenoxy) is 1. The molecule has 1 rings (SSSR count). The fourth-order valence-corrected chi connectivity index (χ4v) is 1.75. The molecule has 1 heterocycles. The van der Waals surface area contributed by atoms with E-state index in [1.54, 1.807) is 0 Å². The molecular weight excluding hydrogens is 243 g/mol. The Hall–Kier alpha value is -1.31. The van der Waals surface area contributed by atoms with Gasteiger partial charge in [-0.15, -0.1) is 0 Å². The molecule has 1 aliphatic heterocycles. The first-order valence-electron chi connectivity index (χ1n) is 4.86. The summed E-state index contributed by atoms with van der Waals surface area (Å²) in [5, 5.41) is 8.81. The van der Waals surface area contributed by atoms with E-state index in [9.17, 15) is 22.8 Å². The highest BCUT2D eigenvalue weighted by molar-refractivity contribution is 5.84. The molecule has 0 aliphatic carbocycles. The molecule has 1 fully saturated rings. The molecule has 2 unspecified atom stereocenters. The van der Waals surface area contributed by atoms with Crippen LogP contribution in [0.4, 0.5) is 13.2 Å². The monoisotopic (exact) mass is 255 g/mol. The normalized spacial score (nSPS) is 25.1. The quantitative estimate of drug-likeness (QED) is 0.803. The van der Waals surface area contributed by atoms with Crippen LogP contribution in [0, 0.1) is 0 Å². The first kappa shape index (κ1) is 13.8. The zero-order valence-electron chi connectivity index (χ0n) is 9.03. The number of carbonyl (C=O) groups is 2. The van der Waals surface area contributed by atoms with Gasteiger partial charge in [0.1, 0.15) is 12.5 Å². The average molecular weight is 255 g/mol. The maximum absolute atomic E-state index is 12.0. The van der Waals surface area contributed by atoms with Gasteiger partial charge >= 0.3 is 12.1 Å². The van der Waals surface area contributed by atoms with Gasteiger partial charge in [0.25, 0.3) is 0 Å². The van der Waals surface area contributed by atoms with Gasteiger partial charge in [-0.05, 0) is 0 Å². The molecule has 1 aliphatic rings. The Kier molecular flexibility index (Phi) is 3.97. The highest BCUT2D eigenvalue weighted by atomic mass is 19.4. The van der Waals surface area contributed by atoms with Gasteiger partial charge < -0.3 is 14.7 Å². The topological polar surface area (TPSA) is 66.8 Å². The van der Waals surface area contributed by atoms with Gasteiger partial charge in [0.2, 0.25) is 5.91 Å². The van der Waals surface area contributed by atoms with E-state index in [0.717, 1.165) is 0 Å². The number of alkyl halides is 3. The van der Waals surface area contributed by atoms with Crippen molar-refractivity contribution in [2.24, 2.45) is 0 Å². The van der Waals surface area contributed by atoms with Gasteiger partial charge in [0, 0.05) is 20.1 Å². The van der Waals surface area contributed by atoms with Gasteiger partial charge in [-0.3, -0.25) is 4.79 Å². The van der Waals surface area contributed by atoms with Gasteiger partial charge in [-0.2, -0.15) is 13.2 Å². The van der Waals surface area contributed by atoms with Crippen LogP contribution < -0.4 is 0 Å². The first-order chi connectivity index (χ1) is 7.74. The highest BCUT2D eigenvalue weighted by Gasteiger charge is 2.43. The number of methoxy groups -OCH3 is 1. The lowest BCUT2D eigenvalue weighted by atomic mass is 10.2. The summed E-state index contributed by atoms with van der Waals surface area (Å²) in [6, 6.07) is -1.24. The van der Waals surface area contributed by atoms with Crippen LogP contribution in [0.25, 0.3) is 0 Å². The number of carboxylic acids is 1. The number of carboxylic acid groups (broad SMARTS) is 1. The molecule has 5 nitrogen and oxygen atoms in total. The van der Waals surface area contributed by atoms with Crippen LogP contribution in [-0.4, -0.2) is 53.9 Å². The number of carbonyl (C=O) groups excluding carboxylic acids is 1. The molecule has 0 aromatic heterocycles. The average Bonchev–Trinajstić information content (AvgIpc) is 2.58. The molecule has 0 bridgehead atoms. The predicted molar refractivity (Wildman–Crippen MR) is 49.2 cm³/mol. The van der Waals surface area contributed by atoms with Crippen LogP contribution in [-0.2, 0) is 14.3 Å². The van der Waals surface area contributed by atoms with Crippen molar-refractivity contribution in [2.45, 2.75) is 31.2 Å². The molecule has 2 atom stereocenters. The smallest absolute Gasteiger partial charge is 0.397 e. The summed E-state index contributed by atoms with van der Waals surface area (Å²) in [6.45, 7) is -0.123. The van der Waals surface area contributed by atoms with Crippen LogP contribution >= 0.6 is 0 Å². The maximum Gasteiger partial charge on any atom is 0.397 e. The molecule has 0 spiro atoms. The zero-order valence-corrected chi connectivity index (χ0v) is 9.03. The zero-order chi connectivity index (χ0) is 13.2. The molecule has 1 amide bonds. The molecule has 1 N–H and O–H groups in total. The Morgan fingerprint density at radius 1 is 1.47 bits per heavy atom. The summed E-state index contributed by atoms with van der Waals surface area (Å²) in [4.78, 5) is 22.8. The number of aliphatic carboxylic acids is 1. The standard InChI is InChI=1S/C9H12F3NO4/c1-17-5-2-6(8(15)16)13(4-5)7(14)3-9(10,11)12/h5-6H,2-4H2,1H3,(H,15,16). The van der Waals surface area contributed by atoms with E-state index in [1.807, 2.05) is 0 Å². The third-order valence-electron chi connectivity index (χ3n) is 2.55. The van der Waals surface area contributed by atoms with E-state index in [4.69, 9.17) is 9.84 Å². The largest absolute Gasteiger partial charge is 0.480 e. The minimum Gasteiger partial charge on any atom is -0.480 e. The third kappa shape index (κ3) is 3.58. The number of likely N-dealkylation sites (tertiary alicyclic amines) is 1. The summed E-state index contributed by atoms with van der Waals surface area (Å²) in [6.07, 6.45) is -6.80. The van der Waals surface area contributed by atoms with Crippen LogP contribution in [0.3, 0.4) is 0 Å². The van der Waals surface area contributed by atoms with Crippen molar-refractivity contribution in [2.75, 3.05) is 13.7 Å². The Balaban J connectivity index is 2.73. The number of hydrogen-bond acceptors (Lipinski definition) is 3. The van der Waals surface area contributed by atoms with Crippen molar-refractivity contribution in [3.05, 3.63) is 0 Å². The van der Waals surface area contributed by atoms with Gasteiger partial charge in [-0.1, -0.05) is 0 Å². The lowest BCUT2D eigenvalue weighted by molar-refractivity contribution is -0.165. The van der Waals surface area contributed by atoms with Crippen LogP contribution in [0.15, 0.2) is 0 Å². The number of amides is 1. The van der Waals surface area contributed by atoms with Crippen LogP contribution in [0.2, 0.25) is 0 Å². The molecule has 98 valence electrons. The van der Waals surface area contributed by atoms with Crippen molar-refractivity contribution in [3.8, 4) is 0 Å². The summed E-state index contributed by atoms with van der Waals surface area (Å²) in [7, 11) is 1.32. The number of hydrogen-bond donors (Lipinski definition) is 1. The minimum absolute atomic E-state index is 0.00936. The minimum atomic E-state index is -4.63. The van der Waals surface area contributed by atoms with E-state index in [2.05, 4.69) is 0 Å². The molecule has 17 heavy (non-hydrogen) atoms.